The standard InChI is InChI=1S/C15H19N5O3/c1-10-4-5-11(7-16-10)3-2-6-19-9-13-17-18-15(23)20(13)8-12(19)14(21)22/h4-5,7,12H,2-3,6,8-9H2,1H3,(H,18,23)(H,21,22). The first-order valence-electron chi connectivity index (χ1n) is 7.57. The summed E-state index contributed by atoms with van der Waals surface area (Å²) < 4.78 is 1.40. The van der Waals surface area contributed by atoms with E-state index in [1.165, 1.54) is 4.57 Å². The number of nitrogens with zero attached hydrogens (tertiary/aromatic N) is 4. The fourth-order valence-corrected chi connectivity index (χ4v) is 2.84. The van der Waals surface area contributed by atoms with Crippen LogP contribution in [0.25, 0.3) is 0 Å². The first-order valence-corrected chi connectivity index (χ1v) is 7.57. The molecule has 2 aromatic rings. The molecular formula is C15H19N5O3. The first-order chi connectivity index (χ1) is 11.0. The summed E-state index contributed by atoms with van der Waals surface area (Å²) in [5, 5.41) is 15.7. The van der Waals surface area contributed by atoms with Gasteiger partial charge in [-0.3, -0.25) is 19.2 Å². The topological polar surface area (TPSA) is 104 Å². The monoisotopic (exact) mass is 317 g/mol. The Morgan fingerprint density at radius 1 is 1.48 bits per heavy atom. The van der Waals surface area contributed by atoms with Crippen molar-refractivity contribution in [1.82, 2.24) is 24.6 Å². The largest absolute Gasteiger partial charge is 0.480 e. The minimum absolute atomic E-state index is 0.131. The molecule has 1 aliphatic heterocycles. The van der Waals surface area contributed by atoms with Crippen LogP contribution in [0.15, 0.2) is 23.1 Å². The normalized spacial score (nSPS) is 17.9. The van der Waals surface area contributed by atoms with Crippen LogP contribution in [0.3, 0.4) is 0 Å². The summed E-state index contributed by atoms with van der Waals surface area (Å²) in [4.78, 5) is 29.2. The Bertz CT molecular complexity index is 749. The number of carbonyl (C=O) groups is 1. The van der Waals surface area contributed by atoms with Crippen molar-refractivity contribution >= 4 is 5.97 Å². The zero-order valence-corrected chi connectivity index (χ0v) is 12.9. The van der Waals surface area contributed by atoms with Crippen LogP contribution in [0.1, 0.15) is 23.5 Å². The fourth-order valence-electron chi connectivity index (χ4n) is 2.84. The lowest BCUT2D eigenvalue weighted by molar-refractivity contribution is -0.145. The number of aliphatic carboxylic acids is 1. The molecule has 0 saturated heterocycles. The average molecular weight is 317 g/mol. The molecule has 3 heterocycles. The van der Waals surface area contributed by atoms with E-state index in [1.54, 1.807) is 0 Å². The third-order valence-electron chi connectivity index (χ3n) is 4.15. The van der Waals surface area contributed by atoms with Crippen LogP contribution in [0.5, 0.6) is 0 Å². The predicted octanol–water partition coefficient (Wildman–Crippen LogP) is 0.176. The molecule has 0 aromatic carbocycles. The van der Waals surface area contributed by atoms with Crippen molar-refractivity contribution in [2.45, 2.75) is 38.9 Å². The lowest BCUT2D eigenvalue weighted by Gasteiger charge is -2.32. The summed E-state index contributed by atoms with van der Waals surface area (Å²) >= 11 is 0. The number of aryl methyl sites for hydroxylation is 2. The number of hydrogen-bond acceptors (Lipinski definition) is 5. The molecule has 2 aromatic heterocycles. The summed E-state index contributed by atoms with van der Waals surface area (Å²) in [5.41, 5.74) is 1.76. The van der Waals surface area contributed by atoms with Gasteiger partial charge in [-0.25, -0.2) is 9.89 Å². The number of aromatic nitrogens is 4. The van der Waals surface area contributed by atoms with Crippen molar-refractivity contribution in [3.63, 3.8) is 0 Å². The number of fused-ring (bicyclic) bond motifs is 1. The highest BCUT2D eigenvalue weighted by atomic mass is 16.4. The highest BCUT2D eigenvalue weighted by Gasteiger charge is 2.32. The van der Waals surface area contributed by atoms with Crippen molar-refractivity contribution in [1.29, 1.82) is 0 Å². The van der Waals surface area contributed by atoms with E-state index in [-0.39, 0.29) is 12.2 Å². The van der Waals surface area contributed by atoms with Crippen LogP contribution in [0, 0.1) is 6.92 Å². The summed E-state index contributed by atoms with van der Waals surface area (Å²) in [7, 11) is 0. The number of rotatable bonds is 5. The summed E-state index contributed by atoms with van der Waals surface area (Å²) in [5.74, 6) is -0.328. The minimum Gasteiger partial charge on any atom is -0.480 e. The predicted molar refractivity (Wildman–Crippen MR) is 82.0 cm³/mol. The zero-order valence-electron chi connectivity index (χ0n) is 12.9. The van der Waals surface area contributed by atoms with E-state index in [1.807, 2.05) is 30.2 Å². The second-order valence-electron chi connectivity index (χ2n) is 5.79. The maximum atomic E-state index is 11.6. The van der Waals surface area contributed by atoms with Gasteiger partial charge in [-0.1, -0.05) is 6.07 Å². The quantitative estimate of drug-likeness (QED) is 0.815. The van der Waals surface area contributed by atoms with Crippen molar-refractivity contribution in [2.24, 2.45) is 0 Å². The van der Waals surface area contributed by atoms with Gasteiger partial charge >= 0.3 is 11.7 Å². The van der Waals surface area contributed by atoms with Gasteiger partial charge in [-0.2, -0.15) is 5.10 Å². The van der Waals surface area contributed by atoms with Crippen LogP contribution in [0.2, 0.25) is 0 Å². The van der Waals surface area contributed by atoms with Crippen LogP contribution < -0.4 is 5.69 Å². The van der Waals surface area contributed by atoms with Gasteiger partial charge in [0.15, 0.2) is 0 Å². The maximum Gasteiger partial charge on any atom is 0.343 e. The second-order valence-corrected chi connectivity index (χ2v) is 5.79. The van der Waals surface area contributed by atoms with E-state index in [4.69, 9.17) is 0 Å². The van der Waals surface area contributed by atoms with Crippen LogP contribution in [0.4, 0.5) is 0 Å². The number of hydrogen-bond donors (Lipinski definition) is 2. The maximum absolute atomic E-state index is 11.6. The van der Waals surface area contributed by atoms with E-state index in [0.29, 0.717) is 18.9 Å². The molecule has 122 valence electrons. The smallest absolute Gasteiger partial charge is 0.343 e. The molecule has 3 rings (SSSR count). The van der Waals surface area contributed by atoms with E-state index in [9.17, 15) is 14.7 Å². The molecule has 0 saturated carbocycles. The molecular weight excluding hydrogens is 298 g/mol. The van der Waals surface area contributed by atoms with E-state index >= 15 is 0 Å². The number of aromatic amines is 1. The van der Waals surface area contributed by atoms with E-state index < -0.39 is 12.0 Å². The Morgan fingerprint density at radius 3 is 3.00 bits per heavy atom. The second kappa shape index (κ2) is 6.33. The third-order valence-corrected chi connectivity index (χ3v) is 4.15. The van der Waals surface area contributed by atoms with Gasteiger partial charge in [0.05, 0.1) is 13.1 Å². The molecule has 0 radical (unpaired) electrons. The number of nitrogens with one attached hydrogen (secondary N) is 1. The highest BCUT2D eigenvalue weighted by molar-refractivity contribution is 5.73. The number of carboxylic acids is 1. The molecule has 2 N–H and O–H groups in total. The van der Waals surface area contributed by atoms with Gasteiger partial charge in [0.25, 0.3) is 0 Å². The summed E-state index contributed by atoms with van der Waals surface area (Å²) in [6.07, 6.45) is 3.51. The zero-order chi connectivity index (χ0) is 16.4. The fraction of sp³-hybridized carbons (Fsp3) is 0.467. The lowest BCUT2D eigenvalue weighted by atomic mass is 10.1. The SMILES string of the molecule is Cc1ccc(CCCN2Cc3n[nH]c(=O)n3CC2C(=O)O)cn1. The van der Waals surface area contributed by atoms with Gasteiger partial charge < -0.3 is 5.11 Å². The average Bonchev–Trinajstić information content (AvgIpc) is 2.89. The van der Waals surface area contributed by atoms with Crippen molar-refractivity contribution < 1.29 is 9.90 Å². The number of H-pyrrole nitrogens is 1. The first kappa shape index (κ1) is 15.4. The molecule has 23 heavy (non-hydrogen) atoms. The Balaban J connectivity index is 1.65. The molecule has 1 aliphatic rings. The van der Waals surface area contributed by atoms with E-state index in [0.717, 1.165) is 24.1 Å². The van der Waals surface area contributed by atoms with Crippen molar-refractivity contribution in [3.8, 4) is 0 Å². The van der Waals surface area contributed by atoms with Crippen LogP contribution >= 0.6 is 0 Å². The minimum atomic E-state index is -0.916. The van der Waals surface area contributed by atoms with E-state index in [2.05, 4.69) is 15.2 Å². The molecule has 0 bridgehead atoms. The van der Waals surface area contributed by atoms with Crippen LogP contribution in [-0.4, -0.2) is 48.3 Å². The van der Waals surface area contributed by atoms with Crippen LogP contribution in [-0.2, 0) is 24.3 Å². The molecule has 0 amide bonds. The van der Waals surface area contributed by atoms with Gasteiger partial charge in [0, 0.05) is 11.9 Å². The number of pyridine rings is 1. The third kappa shape index (κ3) is 3.31. The molecule has 8 nitrogen and oxygen atoms in total. The molecule has 8 heteroatoms. The Kier molecular flexibility index (Phi) is 4.24. The van der Waals surface area contributed by atoms with Crippen molar-refractivity contribution in [2.75, 3.05) is 6.54 Å². The van der Waals surface area contributed by atoms with Gasteiger partial charge in [-0.05, 0) is 37.9 Å². The molecule has 0 spiro atoms. The van der Waals surface area contributed by atoms with Gasteiger partial charge in [0.1, 0.15) is 11.9 Å². The summed E-state index contributed by atoms with van der Waals surface area (Å²) in [6, 6.07) is 3.31. The molecule has 0 aliphatic carbocycles. The Labute approximate surface area is 132 Å². The van der Waals surface area contributed by atoms with Gasteiger partial charge in [-0.15, -0.1) is 0 Å². The van der Waals surface area contributed by atoms with Gasteiger partial charge in [0.2, 0.25) is 0 Å². The summed E-state index contributed by atoms with van der Waals surface area (Å²) in [6.45, 7) is 3.07. The number of carboxylic acid groups (broad SMARTS) is 1. The Hall–Kier alpha value is -2.48. The highest BCUT2D eigenvalue weighted by Crippen LogP contribution is 2.15. The molecule has 1 unspecified atom stereocenters. The Morgan fingerprint density at radius 2 is 2.30 bits per heavy atom. The molecule has 1 atom stereocenters. The molecule has 0 fully saturated rings. The van der Waals surface area contributed by atoms with Crippen molar-refractivity contribution in [3.05, 3.63) is 45.9 Å². The lowest BCUT2D eigenvalue weighted by Crippen LogP contribution is -2.49.